The number of benzene rings is 2. The molecule has 0 amide bonds. The Kier molecular flexibility index (Phi) is 4.37. The molecule has 0 spiro atoms. The van der Waals surface area contributed by atoms with Crippen LogP contribution in [0.4, 0.5) is 0 Å². The Hall–Kier alpha value is -1.64. The number of aryl methyl sites for hydroxylation is 1. The van der Waals surface area contributed by atoms with Crippen LogP contribution < -0.4 is 5.32 Å². The summed E-state index contributed by atoms with van der Waals surface area (Å²) in [6.45, 7) is 7.66. The lowest BCUT2D eigenvalue weighted by molar-refractivity contribution is 0.115. The summed E-state index contributed by atoms with van der Waals surface area (Å²) in [6, 6.07) is 20.7. The first-order chi connectivity index (χ1) is 10.3. The first-order valence-electron chi connectivity index (χ1n) is 7.83. The lowest BCUT2D eigenvalue weighted by Crippen LogP contribution is -2.46. The van der Waals surface area contributed by atoms with E-state index in [1.165, 1.54) is 16.7 Å². The van der Waals surface area contributed by atoms with E-state index in [9.17, 15) is 0 Å². The van der Waals surface area contributed by atoms with Gasteiger partial charge in [0.2, 0.25) is 0 Å². The first kappa shape index (κ1) is 14.3. The fraction of sp³-hybridized carbons (Fsp3) is 0.368. The van der Waals surface area contributed by atoms with Crippen LogP contribution in [-0.2, 0) is 0 Å². The van der Waals surface area contributed by atoms with Gasteiger partial charge in [-0.15, -0.1) is 0 Å². The Balaban J connectivity index is 1.85. The summed E-state index contributed by atoms with van der Waals surface area (Å²) in [5.74, 6) is 0. The minimum atomic E-state index is 0.443. The zero-order valence-corrected chi connectivity index (χ0v) is 12.9. The smallest absolute Gasteiger partial charge is 0.0479 e. The summed E-state index contributed by atoms with van der Waals surface area (Å²) in [5, 5.41) is 3.54. The number of nitrogens with zero attached hydrogens (tertiary/aromatic N) is 1. The summed E-state index contributed by atoms with van der Waals surface area (Å²) < 4.78 is 0. The second-order valence-corrected chi connectivity index (χ2v) is 5.96. The van der Waals surface area contributed by atoms with Crippen LogP contribution in [0, 0.1) is 6.92 Å². The second-order valence-electron chi connectivity index (χ2n) is 5.96. The van der Waals surface area contributed by atoms with Gasteiger partial charge in [0.25, 0.3) is 0 Å². The van der Waals surface area contributed by atoms with E-state index in [2.05, 4.69) is 78.7 Å². The third kappa shape index (κ3) is 3.17. The third-order valence-electron chi connectivity index (χ3n) is 4.53. The lowest BCUT2D eigenvalue weighted by Gasteiger charge is -2.40. The van der Waals surface area contributed by atoms with Gasteiger partial charge in [-0.05, 0) is 25.0 Å². The Morgan fingerprint density at radius 3 is 2.48 bits per heavy atom. The van der Waals surface area contributed by atoms with E-state index in [1.807, 2.05) is 0 Å². The molecule has 1 N–H and O–H groups in total. The number of rotatable bonds is 3. The molecule has 2 aromatic carbocycles. The largest absolute Gasteiger partial charge is 0.314 e. The highest BCUT2D eigenvalue weighted by atomic mass is 15.2. The number of nitrogens with one attached hydrogen (secondary N) is 1. The summed E-state index contributed by atoms with van der Waals surface area (Å²) in [4.78, 5) is 2.62. The Morgan fingerprint density at radius 2 is 1.76 bits per heavy atom. The van der Waals surface area contributed by atoms with Crippen LogP contribution in [0.2, 0.25) is 0 Å². The average molecular weight is 280 g/mol. The molecule has 0 aliphatic carbocycles. The van der Waals surface area contributed by atoms with Crippen molar-refractivity contribution < 1.29 is 0 Å². The molecule has 2 aromatic rings. The molecule has 3 rings (SSSR count). The molecule has 0 bridgehead atoms. The summed E-state index contributed by atoms with van der Waals surface area (Å²) in [6.07, 6.45) is 0. The van der Waals surface area contributed by atoms with Crippen LogP contribution in [-0.4, -0.2) is 24.5 Å². The quantitative estimate of drug-likeness (QED) is 0.922. The van der Waals surface area contributed by atoms with E-state index in [0.29, 0.717) is 12.1 Å². The van der Waals surface area contributed by atoms with Crippen LogP contribution in [0.5, 0.6) is 0 Å². The van der Waals surface area contributed by atoms with E-state index >= 15 is 0 Å². The average Bonchev–Trinajstić information content (AvgIpc) is 2.56. The molecule has 2 atom stereocenters. The van der Waals surface area contributed by atoms with E-state index < -0.39 is 0 Å². The van der Waals surface area contributed by atoms with Gasteiger partial charge in [0.05, 0.1) is 0 Å². The van der Waals surface area contributed by atoms with Crippen LogP contribution in [0.3, 0.4) is 0 Å². The summed E-state index contributed by atoms with van der Waals surface area (Å²) in [5.41, 5.74) is 4.14. The van der Waals surface area contributed by atoms with Gasteiger partial charge in [-0.1, -0.05) is 60.2 Å². The van der Waals surface area contributed by atoms with E-state index in [0.717, 1.165) is 19.6 Å². The molecule has 1 aliphatic rings. The van der Waals surface area contributed by atoms with Gasteiger partial charge in [-0.2, -0.15) is 0 Å². The predicted octanol–water partition coefficient (Wildman–Crippen LogP) is 3.70. The van der Waals surface area contributed by atoms with Crippen molar-refractivity contribution in [2.24, 2.45) is 0 Å². The highest BCUT2D eigenvalue weighted by Gasteiger charge is 2.28. The molecule has 0 saturated carbocycles. The molecular formula is C19H24N2. The van der Waals surface area contributed by atoms with Crippen molar-refractivity contribution in [3.8, 4) is 0 Å². The molecule has 0 radical (unpaired) electrons. The maximum Gasteiger partial charge on any atom is 0.0479 e. The summed E-state index contributed by atoms with van der Waals surface area (Å²) in [7, 11) is 0. The zero-order valence-electron chi connectivity index (χ0n) is 12.9. The van der Waals surface area contributed by atoms with Gasteiger partial charge < -0.3 is 5.32 Å². The lowest BCUT2D eigenvalue weighted by atomic mass is 9.98. The molecule has 110 valence electrons. The topological polar surface area (TPSA) is 15.3 Å². The molecule has 21 heavy (non-hydrogen) atoms. The standard InChI is InChI=1S/C19H24N2/c1-15-8-10-17(11-9-15)16(2)21-13-12-20-14-19(21)18-6-4-3-5-7-18/h3-11,16,19-20H,12-14H2,1-2H3. The molecule has 1 aliphatic heterocycles. The third-order valence-corrected chi connectivity index (χ3v) is 4.53. The summed E-state index contributed by atoms with van der Waals surface area (Å²) >= 11 is 0. The van der Waals surface area contributed by atoms with E-state index in [1.54, 1.807) is 0 Å². The van der Waals surface area contributed by atoms with Crippen LogP contribution in [0.15, 0.2) is 54.6 Å². The van der Waals surface area contributed by atoms with Crippen LogP contribution >= 0.6 is 0 Å². The van der Waals surface area contributed by atoms with Crippen molar-refractivity contribution in [2.75, 3.05) is 19.6 Å². The van der Waals surface area contributed by atoms with Crippen molar-refractivity contribution in [1.29, 1.82) is 0 Å². The second kappa shape index (κ2) is 6.42. The van der Waals surface area contributed by atoms with Gasteiger partial charge >= 0.3 is 0 Å². The molecule has 1 heterocycles. The predicted molar refractivity (Wildman–Crippen MR) is 88.4 cm³/mol. The highest BCUT2D eigenvalue weighted by molar-refractivity contribution is 5.26. The SMILES string of the molecule is Cc1ccc(C(C)N2CCNCC2c2ccccc2)cc1. The van der Waals surface area contributed by atoms with Crippen LogP contribution in [0.25, 0.3) is 0 Å². The zero-order chi connectivity index (χ0) is 14.7. The Morgan fingerprint density at radius 1 is 1.05 bits per heavy atom. The van der Waals surface area contributed by atoms with Gasteiger partial charge in [-0.25, -0.2) is 0 Å². The maximum absolute atomic E-state index is 3.54. The number of hydrogen-bond donors (Lipinski definition) is 1. The maximum atomic E-state index is 3.54. The van der Waals surface area contributed by atoms with Gasteiger partial charge in [0.1, 0.15) is 0 Å². The molecule has 0 aromatic heterocycles. The Labute approximate surface area is 127 Å². The molecule has 2 heteroatoms. The van der Waals surface area contributed by atoms with Gasteiger partial charge in [-0.3, -0.25) is 4.90 Å². The molecular weight excluding hydrogens is 256 g/mol. The van der Waals surface area contributed by atoms with Crippen molar-refractivity contribution in [3.05, 3.63) is 71.3 Å². The Bertz CT molecular complexity index is 562. The first-order valence-corrected chi connectivity index (χ1v) is 7.83. The highest BCUT2D eigenvalue weighted by Crippen LogP contribution is 2.31. The van der Waals surface area contributed by atoms with Gasteiger partial charge in [0.15, 0.2) is 0 Å². The van der Waals surface area contributed by atoms with E-state index in [4.69, 9.17) is 0 Å². The van der Waals surface area contributed by atoms with E-state index in [-0.39, 0.29) is 0 Å². The molecule has 2 unspecified atom stereocenters. The van der Waals surface area contributed by atoms with Crippen LogP contribution in [0.1, 0.15) is 35.7 Å². The van der Waals surface area contributed by atoms with Crippen molar-refractivity contribution in [1.82, 2.24) is 10.2 Å². The van der Waals surface area contributed by atoms with Gasteiger partial charge in [0, 0.05) is 31.7 Å². The minimum absolute atomic E-state index is 0.443. The fourth-order valence-electron chi connectivity index (χ4n) is 3.20. The fourth-order valence-corrected chi connectivity index (χ4v) is 3.20. The van der Waals surface area contributed by atoms with Crippen molar-refractivity contribution in [3.63, 3.8) is 0 Å². The minimum Gasteiger partial charge on any atom is -0.314 e. The monoisotopic (exact) mass is 280 g/mol. The molecule has 1 fully saturated rings. The van der Waals surface area contributed by atoms with Crippen molar-refractivity contribution in [2.45, 2.75) is 25.9 Å². The number of piperazine rings is 1. The normalized spacial score (nSPS) is 21.1. The number of hydrogen-bond acceptors (Lipinski definition) is 2. The molecule has 1 saturated heterocycles. The molecule has 2 nitrogen and oxygen atoms in total. The van der Waals surface area contributed by atoms with Crippen molar-refractivity contribution >= 4 is 0 Å².